The number of nitro benzene ring substituents is 1. The van der Waals surface area contributed by atoms with Crippen molar-refractivity contribution in [3.05, 3.63) is 98.1 Å². The highest BCUT2D eigenvalue weighted by molar-refractivity contribution is 6.03. The number of alkyl halides is 3. The van der Waals surface area contributed by atoms with Crippen molar-refractivity contribution in [1.29, 1.82) is 0 Å². The first kappa shape index (κ1) is 31.3. The van der Waals surface area contributed by atoms with E-state index in [1.165, 1.54) is 35.0 Å². The first-order chi connectivity index (χ1) is 20.5. The summed E-state index contributed by atoms with van der Waals surface area (Å²) < 4.78 is 49.8. The van der Waals surface area contributed by atoms with Crippen molar-refractivity contribution in [2.75, 3.05) is 18.5 Å². The summed E-state index contributed by atoms with van der Waals surface area (Å²) in [6.45, 7) is -1.12. The van der Waals surface area contributed by atoms with Gasteiger partial charge >= 0.3 is 17.8 Å². The fourth-order valence-electron chi connectivity index (χ4n) is 4.36. The summed E-state index contributed by atoms with van der Waals surface area (Å²) >= 11 is 0. The summed E-state index contributed by atoms with van der Waals surface area (Å²) in [5, 5.41) is 25.7. The molecule has 2 aromatic carbocycles. The van der Waals surface area contributed by atoms with Crippen molar-refractivity contribution < 1.29 is 42.3 Å². The van der Waals surface area contributed by atoms with Crippen molar-refractivity contribution >= 4 is 23.3 Å². The number of hydrogen-bond acceptors (Lipinski definition) is 9. The van der Waals surface area contributed by atoms with Crippen LogP contribution in [0.4, 0.5) is 24.7 Å². The number of ether oxygens (including phenoxy) is 2. The zero-order chi connectivity index (χ0) is 31.1. The van der Waals surface area contributed by atoms with E-state index in [-0.39, 0.29) is 43.1 Å². The lowest BCUT2D eigenvalue weighted by atomic mass is 10.1. The monoisotopic (exact) mass is 605 g/mol. The first-order valence-electron chi connectivity index (χ1n) is 12.9. The van der Waals surface area contributed by atoms with Crippen molar-refractivity contribution in [3.63, 3.8) is 0 Å². The van der Waals surface area contributed by atoms with Gasteiger partial charge in [0.2, 0.25) is 0 Å². The average molecular weight is 606 g/mol. The van der Waals surface area contributed by atoms with E-state index in [1.54, 1.807) is 35.6 Å². The predicted molar refractivity (Wildman–Crippen MR) is 143 cm³/mol. The molecule has 1 aliphatic rings. The van der Waals surface area contributed by atoms with Gasteiger partial charge in [0.25, 0.3) is 11.6 Å². The fourth-order valence-corrected chi connectivity index (χ4v) is 4.36. The number of amides is 2. The standard InChI is InChI=1S/C27H26F3N5O8/c28-27(29,30)25(38)31-10-8-16-6-7-18(19(12-16)35(40)41)15-42-20-13-23(43-21(20)14-36)34-11-9-22(33-26(34)39)32-24(37)17-4-2-1-3-5-17/h1-7,9,11-12,20-21,23,36H,8,10,13-15H2,(H,31,38)(H,32,33,37,39)/t20-,21-,23-/m1/s1. The zero-order valence-corrected chi connectivity index (χ0v) is 22.3. The molecular formula is C27H26F3N5O8. The minimum absolute atomic E-state index is 0.0260. The lowest BCUT2D eigenvalue weighted by Crippen LogP contribution is -2.37. The SMILES string of the molecule is O=C(Nc1ccn([C@H]2C[C@@H](OCc3ccc(CCNC(=O)C(F)(F)F)cc3[N+](=O)[O-])[C@@H](CO)O2)c(=O)n1)c1ccccc1. The Morgan fingerprint density at radius 3 is 2.58 bits per heavy atom. The number of rotatable bonds is 11. The van der Waals surface area contributed by atoms with Gasteiger partial charge in [-0.3, -0.25) is 24.3 Å². The van der Waals surface area contributed by atoms with Gasteiger partial charge in [-0.05, 0) is 36.2 Å². The van der Waals surface area contributed by atoms with Gasteiger partial charge in [0, 0.05) is 30.8 Å². The minimum atomic E-state index is -5.03. The van der Waals surface area contributed by atoms with Crippen LogP contribution in [-0.4, -0.2) is 62.9 Å². The van der Waals surface area contributed by atoms with Crippen LogP contribution in [-0.2, 0) is 27.3 Å². The molecule has 1 saturated heterocycles. The molecule has 2 amide bonds. The number of nitrogens with zero attached hydrogens (tertiary/aromatic N) is 3. The summed E-state index contributed by atoms with van der Waals surface area (Å²) in [6.07, 6.45) is -6.17. The van der Waals surface area contributed by atoms with E-state index in [0.29, 0.717) is 11.1 Å². The molecule has 228 valence electrons. The molecule has 0 spiro atoms. The number of aliphatic hydroxyl groups is 1. The molecular weight excluding hydrogens is 579 g/mol. The number of benzene rings is 2. The number of aromatic nitrogens is 2. The van der Waals surface area contributed by atoms with Crippen LogP contribution in [0.2, 0.25) is 0 Å². The number of nitrogens with one attached hydrogen (secondary N) is 2. The van der Waals surface area contributed by atoms with Crippen molar-refractivity contribution in [1.82, 2.24) is 14.9 Å². The second-order valence-electron chi connectivity index (χ2n) is 9.44. The molecule has 3 N–H and O–H groups in total. The Labute approximate surface area is 241 Å². The second kappa shape index (κ2) is 13.5. The Kier molecular flexibility index (Phi) is 9.84. The molecule has 3 atom stereocenters. The van der Waals surface area contributed by atoms with Gasteiger partial charge in [0.15, 0.2) is 0 Å². The molecule has 0 saturated carbocycles. The number of halogens is 3. The topological polar surface area (TPSA) is 175 Å². The molecule has 0 radical (unpaired) electrons. The molecule has 0 unspecified atom stereocenters. The zero-order valence-electron chi connectivity index (χ0n) is 22.3. The third-order valence-corrected chi connectivity index (χ3v) is 6.53. The van der Waals surface area contributed by atoms with Crippen LogP contribution < -0.4 is 16.3 Å². The second-order valence-corrected chi connectivity index (χ2v) is 9.44. The largest absolute Gasteiger partial charge is 0.471 e. The van der Waals surface area contributed by atoms with Crippen LogP contribution in [0, 0.1) is 10.1 Å². The molecule has 1 fully saturated rings. The number of aliphatic hydroxyl groups excluding tert-OH is 1. The van der Waals surface area contributed by atoms with Crippen molar-refractivity contribution in [3.8, 4) is 0 Å². The lowest BCUT2D eigenvalue weighted by Gasteiger charge is -2.17. The molecule has 1 aliphatic heterocycles. The summed E-state index contributed by atoms with van der Waals surface area (Å²) in [5.74, 6) is -2.53. The van der Waals surface area contributed by atoms with Gasteiger partial charge in [-0.2, -0.15) is 18.2 Å². The summed E-state index contributed by atoms with van der Waals surface area (Å²) in [7, 11) is 0. The molecule has 13 nitrogen and oxygen atoms in total. The summed E-state index contributed by atoms with van der Waals surface area (Å²) in [5.41, 5.74) is -0.214. The van der Waals surface area contributed by atoms with Gasteiger partial charge in [0.05, 0.1) is 29.8 Å². The maximum Gasteiger partial charge on any atom is 0.471 e. The fraction of sp³-hybridized carbons (Fsp3) is 0.333. The average Bonchev–Trinajstić information content (AvgIpc) is 3.39. The molecule has 2 heterocycles. The van der Waals surface area contributed by atoms with E-state index in [2.05, 4.69) is 10.3 Å². The molecule has 43 heavy (non-hydrogen) atoms. The normalized spacial score (nSPS) is 18.3. The smallest absolute Gasteiger partial charge is 0.394 e. The molecule has 0 aliphatic carbocycles. The highest BCUT2D eigenvalue weighted by Crippen LogP contribution is 2.31. The quantitative estimate of drug-likeness (QED) is 0.219. The van der Waals surface area contributed by atoms with Crippen molar-refractivity contribution in [2.24, 2.45) is 0 Å². The van der Waals surface area contributed by atoms with Crippen molar-refractivity contribution in [2.45, 2.75) is 44.1 Å². The Balaban J connectivity index is 1.38. The molecule has 4 rings (SSSR count). The maximum atomic E-state index is 12.7. The highest BCUT2D eigenvalue weighted by Gasteiger charge is 2.39. The van der Waals surface area contributed by atoms with Gasteiger partial charge < -0.3 is 25.2 Å². The van der Waals surface area contributed by atoms with E-state index < -0.39 is 53.6 Å². The molecule has 0 bridgehead atoms. The van der Waals surface area contributed by atoms with Crippen LogP contribution in [0.1, 0.15) is 34.1 Å². The van der Waals surface area contributed by atoms with E-state index >= 15 is 0 Å². The van der Waals surface area contributed by atoms with Crippen LogP contribution in [0.15, 0.2) is 65.6 Å². The van der Waals surface area contributed by atoms with E-state index in [1.807, 2.05) is 0 Å². The Hall–Kier alpha value is -4.67. The summed E-state index contributed by atoms with van der Waals surface area (Å²) in [4.78, 5) is 50.9. The van der Waals surface area contributed by atoms with E-state index in [0.717, 1.165) is 0 Å². The number of nitro groups is 1. The Bertz CT molecular complexity index is 1530. The van der Waals surface area contributed by atoms with Gasteiger partial charge in [-0.1, -0.05) is 24.3 Å². The van der Waals surface area contributed by atoms with Crippen LogP contribution in [0.5, 0.6) is 0 Å². The van der Waals surface area contributed by atoms with E-state index in [9.17, 15) is 42.8 Å². The molecule has 1 aromatic heterocycles. The minimum Gasteiger partial charge on any atom is -0.394 e. The maximum absolute atomic E-state index is 12.7. The third-order valence-electron chi connectivity index (χ3n) is 6.53. The lowest BCUT2D eigenvalue weighted by molar-refractivity contribution is -0.386. The molecule has 16 heteroatoms. The highest BCUT2D eigenvalue weighted by atomic mass is 19.4. The first-order valence-corrected chi connectivity index (χ1v) is 12.9. The number of hydrogen-bond donors (Lipinski definition) is 3. The Morgan fingerprint density at radius 1 is 1.19 bits per heavy atom. The van der Waals surface area contributed by atoms with E-state index in [4.69, 9.17) is 9.47 Å². The third kappa shape index (κ3) is 8.00. The number of anilines is 1. The van der Waals surface area contributed by atoms with Crippen LogP contribution in [0.25, 0.3) is 0 Å². The summed E-state index contributed by atoms with van der Waals surface area (Å²) in [6, 6.07) is 13.8. The Morgan fingerprint density at radius 2 is 1.93 bits per heavy atom. The predicted octanol–water partition coefficient (Wildman–Crippen LogP) is 2.49. The van der Waals surface area contributed by atoms with Gasteiger partial charge in [-0.25, -0.2) is 4.79 Å². The van der Waals surface area contributed by atoms with Crippen LogP contribution >= 0.6 is 0 Å². The number of carbonyl (C=O) groups excluding carboxylic acids is 2. The number of carbonyl (C=O) groups is 2. The van der Waals surface area contributed by atoms with Gasteiger partial charge in [-0.15, -0.1) is 0 Å². The van der Waals surface area contributed by atoms with Crippen LogP contribution in [0.3, 0.4) is 0 Å². The van der Waals surface area contributed by atoms with Gasteiger partial charge in [0.1, 0.15) is 18.1 Å². The molecule has 3 aromatic rings.